The van der Waals surface area contributed by atoms with Crippen molar-refractivity contribution in [3.05, 3.63) is 46.3 Å². The predicted octanol–water partition coefficient (Wildman–Crippen LogP) is 2.82. The molecule has 0 fully saturated rings. The van der Waals surface area contributed by atoms with Crippen molar-refractivity contribution in [2.75, 3.05) is 26.3 Å². The van der Waals surface area contributed by atoms with Crippen molar-refractivity contribution in [1.82, 2.24) is 5.32 Å². The second-order valence-electron chi connectivity index (χ2n) is 8.02. The van der Waals surface area contributed by atoms with E-state index in [1.807, 2.05) is 6.07 Å². The molecule has 0 unspecified atom stereocenters. The molecule has 2 aromatic rings. The standard InChI is InChI=1S/C23H36N2O6S2/c24-33(29,30)23-11-9-20(32-23)7-3-6-14-31-13-5-2-1-4-12-25-16-22(28)18-8-10-21(27)19(15-18)17-26/h8-11,15,22,25-28H,1-7,12-14,16-17H2,(H2,24,29,30)/t22-/m1/s1. The third kappa shape index (κ3) is 10.5. The first kappa shape index (κ1) is 27.7. The van der Waals surface area contributed by atoms with E-state index in [1.165, 1.54) is 17.4 Å². The van der Waals surface area contributed by atoms with Crippen LogP contribution in [0, 0.1) is 0 Å². The Morgan fingerprint density at radius 2 is 1.76 bits per heavy atom. The molecule has 0 bridgehead atoms. The van der Waals surface area contributed by atoms with Gasteiger partial charge in [0.15, 0.2) is 0 Å². The fourth-order valence-corrected chi connectivity index (χ4v) is 5.18. The van der Waals surface area contributed by atoms with Gasteiger partial charge in [0.25, 0.3) is 0 Å². The number of ether oxygens (including phenoxy) is 1. The number of aliphatic hydroxyl groups is 2. The van der Waals surface area contributed by atoms with Crippen LogP contribution in [0.15, 0.2) is 34.5 Å². The number of benzene rings is 1. The molecule has 1 heterocycles. The molecule has 0 spiro atoms. The fourth-order valence-electron chi connectivity index (χ4n) is 3.35. The molecule has 8 nitrogen and oxygen atoms in total. The van der Waals surface area contributed by atoms with Crippen LogP contribution in [0.1, 0.15) is 60.6 Å². The quantitative estimate of drug-likeness (QED) is 0.210. The van der Waals surface area contributed by atoms with E-state index in [1.54, 1.807) is 18.2 Å². The minimum absolute atomic E-state index is 0.0321. The normalized spacial score (nSPS) is 12.8. The molecule has 0 aliphatic rings. The maximum atomic E-state index is 11.3. The summed E-state index contributed by atoms with van der Waals surface area (Å²) < 4.78 is 28.4. The van der Waals surface area contributed by atoms with Crippen molar-refractivity contribution in [3.8, 4) is 5.75 Å². The van der Waals surface area contributed by atoms with Crippen LogP contribution in [0.3, 0.4) is 0 Å². The summed E-state index contributed by atoms with van der Waals surface area (Å²) in [7, 11) is -3.59. The minimum atomic E-state index is -3.59. The van der Waals surface area contributed by atoms with Crippen molar-refractivity contribution < 1.29 is 28.5 Å². The summed E-state index contributed by atoms with van der Waals surface area (Å²) in [5.41, 5.74) is 1.08. The molecule has 6 N–H and O–H groups in total. The Morgan fingerprint density at radius 1 is 1.03 bits per heavy atom. The average molecular weight is 501 g/mol. The summed E-state index contributed by atoms with van der Waals surface area (Å²) in [4.78, 5) is 1.03. The largest absolute Gasteiger partial charge is 0.508 e. The molecule has 10 heteroatoms. The first-order chi connectivity index (χ1) is 15.8. The van der Waals surface area contributed by atoms with Crippen LogP contribution in [0.25, 0.3) is 0 Å². The van der Waals surface area contributed by atoms with E-state index < -0.39 is 16.1 Å². The molecule has 1 aromatic heterocycles. The number of rotatable bonds is 17. The Labute approximate surface area is 200 Å². The highest BCUT2D eigenvalue weighted by atomic mass is 32.2. The van der Waals surface area contributed by atoms with Crippen molar-refractivity contribution in [3.63, 3.8) is 0 Å². The van der Waals surface area contributed by atoms with E-state index in [-0.39, 0.29) is 16.6 Å². The van der Waals surface area contributed by atoms with Gasteiger partial charge < -0.3 is 25.4 Å². The van der Waals surface area contributed by atoms with Gasteiger partial charge >= 0.3 is 0 Å². The van der Waals surface area contributed by atoms with E-state index >= 15 is 0 Å². The summed E-state index contributed by atoms with van der Waals surface area (Å²) in [6, 6.07) is 8.15. The lowest BCUT2D eigenvalue weighted by Gasteiger charge is -2.14. The van der Waals surface area contributed by atoms with Crippen LogP contribution in [0.2, 0.25) is 0 Å². The molecule has 2 rings (SSSR count). The highest BCUT2D eigenvalue weighted by molar-refractivity contribution is 7.91. The third-order valence-electron chi connectivity index (χ3n) is 5.27. The number of phenols is 1. The maximum absolute atomic E-state index is 11.3. The van der Waals surface area contributed by atoms with Gasteiger partial charge in [-0.05, 0) is 68.5 Å². The smallest absolute Gasteiger partial charge is 0.247 e. The van der Waals surface area contributed by atoms with E-state index in [4.69, 9.17) is 9.88 Å². The highest BCUT2D eigenvalue weighted by Gasteiger charge is 2.11. The Balaban J connectivity index is 1.41. The van der Waals surface area contributed by atoms with Gasteiger partial charge in [-0.1, -0.05) is 18.9 Å². The number of unbranched alkanes of at least 4 members (excludes halogenated alkanes) is 4. The van der Waals surface area contributed by atoms with E-state index in [0.29, 0.717) is 24.3 Å². The van der Waals surface area contributed by atoms with Gasteiger partial charge in [-0.3, -0.25) is 0 Å². The third-order valence-corrected chi connectivity index (χ3v) is 7.85. The van der Waals surface area contributed by atoms with Gasteiger partial charge in [0, 0.05) is 30.2 Å². The van der Waals surface area contributed by atoms with Crippen LogP contribution in [-0.2, 0) is 27.8 Å². The van der Waals surface area contributed by atoms with Gasteiger partial charge in [0.05, 0.1) is 12.7 Å². The second-order valence-corrected chi connectivity index (χ2v) is 11.0. The Bertz CT molecular complexity index is 933. The Morgan fingerprint density at radius 3 is 2.45 bits per heavy atom. The number of nitrogens with one attached hydrogen (secondary N) is 1. The van der Waals surface area contributed by atoms with Gasteiger partial charge in [-0.15, -0.1) is 11.3 Å². The summed E-state index contributed by atoms with van der Waals surface area (Å²) in [6.07, 6.45) is 6.26. The van der Waals surface area contributed by atoms with E-state index in [0.717, 1.165) is 63.0 Å². The van der Waals surface area contributed by atoms with Crippen LogP contribution < -0.4 is 10.5 Å². The summed E-state index contributed by atoms with van der Waals surface area (Å²) in [5.74, 6) is 0.0321. The van der Waals surface area contributed by atoms with Gasteiger partial charge in [0.2, 0.25) is 10.0 Å². The first-order valence-electron chi connectivity index (χ1n) is 11.3. The Hall–Kier alpha value is -1.53. The van der Waals surface area contributed by atoms with Crippen molar-refractivity contribution in [2.45, 2.75) is 61.9 Å². The van der Waals surface area contributed by atoms with Crippen molar-refractivity contribution in [1.29, 1.82) is 0 Å². The molecule has 0 radical (unpaired) electrons. The molecule has 1 aromatic carbocycles. The number of thiophene rings is 1. The number of hydrogen-bond acceptors (Lipinski definition) is 8. The summed E-state index contributed by atoms with van der Waals surface area (Å²) in [5, 5.41) is 37.4. The number of primary sulfonamides is 1. The molecule has 0 aliphatic heterocycles. The molecular formula is C23H36N2O6S2. The lowest BCUT2D eigenvalue weighted by molar-refractivity contribution is 0.126. The number of hydrogen-bond donors (Lipinski definition) is 5. The molecule has 0 aliphatic carbocycles. The van der Waals surface area contributed by atoms with E-state index in [2.05, 4.69) is 5.32 Å². The van der Waals surface area contributed by atoms with Gasteiger partial charge in [0.1, 0.15) is 9.96 Å². The molecule has 0 saturated carbocycles. The predicted molar refractivity (Wildman–Crippen MR) is 130 cm³/mol. The zero-order valence-corrected chi connectivity index (χ0v) is 20.5. The van der Waals surface area contributed by atoms with Gasteiger partial charge in [-0.25, -0.2) is 13.6 Å². The number of sulfonamides is 1. The number of aryl methyl sites for hydroxylation is 1. The summed E-state index contributed by atoms with van der Waals surface area (Å²) in [6.45, 7) is 2.44. The van der Waals surface area contributed by atoms with Crippen LogP contribution in [0.5, 0.6) is 5.75 Å². The second kappa shape index (κ2) is 14.7. The zero-order chi connectivity index (χ0) is 24.1. The van der Waals surface area contributed by atoms with E-state index in [9.17, 15) is 23.7 Å². The van der Waals surface area contributed by atoms with Crippen molar-refractivity contribution >= 4 is 21.4 Å². The monoisotopic (exact) mass is 500 g/mol. The molecular weight excluding hydrogens is 464 g/mol. The topological polar surface area (TPSA) is 142 Å². The molecule has 0 saturated heterocycles. The number of nitrogens with two attached hydrogens (primary N) is 1. The van der Waals surface area contributed by atoms with Crippen LogP contribution in [0.4, 0.5) is 0 Å². The van der Waals surface area contributed by atoms with Crippen molar-refractivity contribution in [2.24, 2.45) is 5.14 Å². The van der Waals surface area contributed by atoms with Gasteiger partial charge in [-0.2, -0.15) is 0 Å². The Kier molecular flexibility index (Phi) is 12.3. The highest BCUT2D eigenvalue weighted by Crippen LogP contribution is 2.23. The molecule has 0 amide bonds. The molecule has 33 heavy (non-hydrogen) atoms. The molecule has 186 valence electrons. The lowest BCUT2D eigenvalue weighted by atomic mass is 10.1. The average Bonchev–Trinajstić information content (AvgIpc) is 3.26. The number of aliphatic hydroxyl groups excluding tert-OH is 2. The van der Waals surface area contributed by atoms with Crippen LogP contribution >= 0.6 is 11.3 Å². The SMILES string of the molecule is NS(=O)(=O)c1ccc(CCCCOCCCCCCNC[C@@H](O)c2ccc(O)c(CO)c2)s1. The fraction of sp³-hybridized carbons (Fsp3) is 0.565. The summed E-state index contributed by atoms with van der Waals surface area (Å²) >= 11 is 1.23. The minimum Gasteiger partial charge on any atom is -0.508 e. The zero-order valence-electron chi connectivity index (χ0n) is 18.9. The number of aromatic hydroxyl groups is 1. The van der Waals surface area contributed by atoms with Crippen LogP contribution in [-0.4, -0.2) is 50.0 Å². The maximum Gasteiger partial charge on any atom is 0.247 e. The molecule has 1 atom stereocenters. The first-order valence-corrected chi connectivity index (χ1v) is 13.7. The lowest BCUT2D eigenvalue weighted by Crippen LogP contribution is -2.22.